The van der Waals surface area contributed by atoms with Crippen LogP contribution in [0.2, 0.25) is 0 Å². The second kappa shape index (κ2) is 8.90. The second-order valence-corrected chi connectivity index (χ2v) is 8.40. The van der Waals surface area contributed by atoms with Crippen LogP contribution in [0.5, 0.6) is 11.5 Å². The van der Waals surface area contributed by atoms with Crippen molar-refractivity contribution in [3.63, 3.8) is 0 Å². The van der Waals surface area contributed by atoms with Gasteiger partial charge in [0.1, 0.15) is 29.3 Å². The summed E-state index contributed by atoms with van der Waals surface area (Å²) in [6.07, 6.45) is 5.13. The average Bonchev–Trinajstić information content (AvgIpc) is 3.21. The summed E-state index contributed by atoms with van der Waals surface area (Å²) in [5.74, 6) is 1.96. The number of benzene rings is 2. The lowest BCUT2D eigenvalue weighted by atomic mass is 9.91. The molecule has 5 rings (SSSR count). The molecule has 0 spiro atoms. The van der Waals surface area contributed by atoms with E-state index in [0.717, 1.165) is 59.5 Å². The Bertz CT molecular complexity index is 1260. The van der Waals surface area contributed by atoms with Crippen LogP contribution in [-0.4, -0.2) is 31.7 Å². The van der Waals surface area contributed by atoms with Crippen LogP contribution in [0.4, 0.5) is 5.82 Å². The van der Waals surface area contributed by atoms with E-state index in [1.165, 1.54) is 6.33 Å². The minimum Gasteiger partial charge on any atom is -0.457 e. The van der Waals surface area contributed by atoms with E-state index in [1.54, 1.807) is 6.92 Å². The Morgan fingerprint density at radius 2 is 1.70 bits per heavy atom. The van der Waals surface area contributed by atoms with Gasteiger partial charge in [0, 0.05) is 18.5 Å². The number of amides is 1. The van der Waals surface area contributed by atoms with E-state index in [2.05, 4.69) is 15.3 Å². The number of carbonyl (C=O) groups excluding carboxylic acids is 1. The van der Waals surface area contributed by atoms with Gasteiger partial charge in [-0.05, 0) is 62.1 Å². The van der Waals surface area contributed by atoms with Gasteiger partial charge in [-0.15, -0.1) is 0 Å². The molecule has 33 heavy (non-hydrogen) atoms. The predicted octanol–water partition coefficient (Wildman–Crippen LogP) is 4.49. The summed E-state index contributed by atoms with van der Waals surface area (Å²) in [6, 6.07) is 17.9. The molecule has 1 aliphatic carbocycles. The topological polar surface area (TPSA) is 108 Å². The number of para-hydroxylation sites is 1. The maximum Gasteiger partial charge on any atom is 0.217 e. The highest BCUT2D eigenvalue weighted by atomic mass is 16.5. The van der Waals surface area contributed by atoms with Gasteiger partial charge in [0.15, 0.2) is 5.65 Å². The van der Waals surface area contributed by atoms with Crippen LogP contribution < -0.4 is 15.8 Å². The summed E-state index contributed by atoms with van der Waals surface area (Å²) < 4.78 is 7.90. The summed E-state index contributed by atoms with van der Waals surface area (Å²) in [5, 5.41) is 8.74. The van der Waals surface area contributed by atoms with E-state index in [-0.39, 0.29) is 18.0 Å². The van der Waals surface area contributed by atoms with Gasteiger partial charge in [0.05, 0.1) is 11.4 Å². The fourth-order valence-electron chi connectivity index (χ4n) is 4.51. The first kappa shape index (κ1) is 20.9. The van der Waals surface area contributed by atoms with Gasteiger partial charge in [0.25, 0.3) is 0 Å². The number of nitrogens with one attached hydrogen (secondary N) is 1. The molecule has 1 aliphatic rings. The number of anilines is 1. The summed E-state index contributed by atoms with van der Waals surface area (Å²) >= 11 is 0. The summed E-state index contributed by atoms with van der Waals surface area (Å²) in [4.78, 5) is 20.1. The van der Waals surface area contributed by atoms with E-state index in [1.807, 2.05) is 59.3 Å². The third-order valence-corrected chi connectivity index (χ3v) is 6.07. The van der Waals surface area contributed by atoms with Gasteiger partial charge < -0.3 is 15.8 Å². The highest BCUT2D eigenvalue weighted by Crippen LogP contribution is 2.36. The third-order valence-electron chi connectivity index (χ3n) is 6.07. The Balaban J connectivity index is 1.44. The van der Waals surface area contributed by atoms with Crippen molar-refractivity contribution in [3.05, 3.63) is 60.9 Å². The minimum atomic E-state index is 0.0190. The molecule has 0 atom stereocenters. The molecule has 0 saturated heterocycles. The molecule has 3 N–H and O–H groups in total. The maximum absolute atomic E-state index is 11.4. The normalized spacial score (nSPS) is 18.2. The molecule has 168 valence electrons. The van der Waals surface area contributed by atoms with Crippen molar-refractivity contribution in [2.24, 2.45) is 0 Å². The van der Waals surface area contributed by atoms with E-state index in [9.17, 15) is 4.79 Å². The first-order valence-corrected chi connectivity index (χ1v) is 11.2. The predicted molar refractivity (Wildman–Crippen MR) is 127 cm³/mol. The molecule has 0 unspecified atom stereocenters. The zero-order valence-corrected chi connectivity index (χ0v) is 18.4. The number of fused-ring (bicyclic) bond motifs is 1. The second-order valence-electron chi connectivity index (χ2n) is 8.40. The number of nitrogen functional groups attached to an aromatic ring is 1. The number of ether oxygens (including phenoxy) is 1. The van der Waals surface area contributed by atoms with Crippen molar-refractivity contribution in [2.45, 2.75) is 44.7 Å². The number of carbonyl (C=O) groups is 1. The Morgan fingerprint density at radius 1 is 1.00 bits per heavy atom. The number of nitrogens with two attached hydrogens (primary N) is 1. The Labute approximate surface area is 191 Å². The molecule has 0 aliphatic heterocycles. The van der Waals surface area contributed by atoms with Crippen LogP contribution >= 0.6 is 0 Å². The molecular formula is C25H26N6O2. The molecule has 4 aromatic rings. The number of nitrogens with zero attached hydrogens (tertiary/aromatic N) is 4. The smallest absolute Gasteiger partial charge is 0.217 e. The highest BCUT2D eigenvalue weighted by Gasteiger charge is 2.27. The van der Waals surface area contributed by atoms with Crippen LogP contribution in [0.3, 0.4) is 0 Å². The molecule has 1 fully saturated rings. The summed E-state index contributed by atoms with van der Waals surface area (Å²) in [7, 11) is 0. The maximum atomic E-state index is 11.4. The van der Waals surface area contributed by atoms with E-state index >= 15 is 0 Å². The lowest BCUT2D eigenvalue weighted by Gasteiger charge is -2.29. The summed E-state index contributed by atoms with van der Waals surface area (Å²) in [5.41, 5.74) is 8.70. The minimum absolute atomic E-state index is 0.0190. The molecule has 1 amide bonds. The van der Waals surface area contributed by atoms with Crippen LogP contribution in [-0.2, 0) is 4.79 Å². The molecule has 2 heterocycles. The molecule has 2 aromatic carbocycles. The quantitative estimate of drug-likeness (QED) is 0.472. The van der Waals surface area contributed by atoms with E-state index < -0.39 is 0 Å². The van der Waals surface area contributed by atoms with Crippen LogP contribution in [0, 0.1) is 0 Å². The fourth-order valence-corrected chi connectivity index (χ4v) is 4.51. The van der Waals surface area contributed by atoms with Gasteiger partial charge in [0.2, 0.25) is 5.91 Å². The lowest BCUT2D eigenvalue weighted by Crippen LogP contribution is -2.36. The van der Waals surface area contributed by atoms with Crippen LogP contribution in [0.25, 0.3) is 22.3 Å². The van der Waals surface area contributed by atoms with Crippen molar-refractivity contribution in [2.75, 3.05) is 5.73 Å². The molecule has 8 heteroatoms. The number of aromatic nitrogens is 4. The highest BCUT2D eigenvalue weighted by molar-refractivity contribution is 5.98. The average molecular weight is 443 g/mol. The zero-order chi connectivity index (χ0) is 22.8. The van der Waals surface area contributed by atoms with Crippen molar-refractivity contribution in [1.29, 1.82) is 0 Å². The lowest BCUT2D eigenvalue weighted by molar-refractivity contribution is -0.119. The van der Waals surface area contributed by atoms with E-state index in [0.29, 0.717) is 5.82 Å². The van der Waals surface area contributed by atoms with Gasteiger partial charge in [-0.3, -0.25) is 4.79 Å². The largest absolute Gasteiger partial charge is 0.457 e. The van der Waals surface area contributed by atoms with Crippen molar-refractivity contribution >= 4 is 22.8 Å². The molecule has 8 nitrogen and oxygen atoms in total. The van der Waals surface area contributed by atoms with E-state index in [4.69, 9.17) is 15.6 Å². The summed E-state index contributed by atoms with van der Waals surface area (Å²) in [6.45, 7) is 1.56. The van der Waals surface area contributed by atoms with Crippen LogP contribution in [0.15, 0.2) is 60.9 Å². The molecule has 0 bridgehead atoms. The molecular weight excluding hydrogens is 416 g/mol. The Kier molecular flexibility index (Phi) is 5.64. The zero-order valence-electron chi connectivity index (χ0n) is 18.4. The fraction of sp³-hybridized carbons (Fsp3) is 0.280. The Morgan fingerprint density at radius 3 is 2.39 bits per heavy atom. The number of hydrogen-bond acceptors (Lipinski definition) is 6. The number of rotatable bonds is 5. The van der Waals surface area contributed by atoms with Gasteiger partial charge in [-0.2, -0.15) is 5.10 Å². The van der Waals surface area contributed by atoms with Gasteiger partial charge in [-0.25, -0.2) is 14.6 Å². The molecule has 1 saturated carbocycles. The van der Waals surface area contributed by atoms with Crippen molar-refractivity contribution < 1.29 is 9.53 Å². The van der Waals surface area contributed by atoms with Gasteiger partial charge >= 0.3 is 0 Å². The van der Waals surface area contributed by atoms with Gasteiger partial charge in [-0.1, -0.05) is 18.2 Å². The standard InChI is InChI=1S/C25H26N6O2/c1-16(32)29-18-9-11-19(12-10-18)31-25-22(24(26)27-15-28-25)23(30-31)17-7-13-21(14-8-17)33-20-5-3-2-4-6-20/h2-8,13-15,18-19H,9-12H2,1H3,(H,29,32)(H2,26,27,28). The SMILES string of the molecule is CC(=O)NC1CCC(n2nc(-c3ccc(Oc4ccccc4)cc3)c3c(N)ncnc32)CC1. The molecule has 0 radical (unpaired) electrons. The third kappa shape index (κ3) is 4.37. The van der Waals surface area contributed by atoms with Crippen molar-refractivity contribution in [1.82, 2.24) is 25.1 Å². The first-order valence-electron chi connectivity index (χ1n) is 11.2. The van der Waals surface area contributed by atoms with Crippen molar-refractivity contribution in [3.8, 4) is 22.8 Å². The first-order chi connectivity index (χ1) is 16.1. The Hall–Kier alpha value is -3.94. The number of hydrogen-bond donors (Lipinski definition) is 2. The monoisotopic (exact) mass is 442 g/mol. The van der Waals surface area contributed by atoms with Crippen LogP contribution in [0.1, 0.15) is 38.6 Å². The molecule has 2 aromatic heterocycles.